The number of carbonyl (C=O) groups is 2. The Hall–Kier alpha value is -3.28. The summed E-state index contributed by atoms with van der Waals surface area (Å²) in [5.41, 5.74) is 2.43. The zero-order valence-corrected chi connectivity index (χ0v) is 15.8. The number of hydrogen-bond donors (Lipinski definition) is 3. The van der Waals surface area contributed by atoms with Gasteiger partial charge >= 0.3 is 0 Å². The van der Waals surface area contributed by atoms with E-state index < -0.39 is 5.41 Å². The van der Waals surface area contributed by atoms with E-state index in [-0.39, 0.29) is 11.8 Å². The van der Waals surface area contributed by atoms with Crippen LogP contribution < -0.4 is 15.4 Å². The monoisotopic (exact) mass is 365 g/mol. The van der Waals surface area contributed by atoms with Gasteiger partial charge < -0.3 is 20.4 Å². The molecule has 6 heteroatoms. The highest BCUT2D eigenvalue weighted by atomic mass is 16.5. The molecule has 1 aromatic heterocycles. The lowest BCUT2D eigenvalue weighted by atomic mass is 9.83. The van der Waals surface area contributed by atoms with E-state index in [2.05, 4.69) is 15.6 Å². The summed E-state index contributed by atoms with van der Waals surface area (Å²) >= 11 is 0. The van der Waals surface area contributed by atoms with Crippen molar-refractivity contribution in [3.05, 3.63) is 54.2 Å². The van der Waals surface area contributed by atoms with Crippen molar-refractivity contribution >= 4 is 34.1 Å². The number of aromatic nitrogens is 1. The third kappa shape index (κ3) is 3.79. The third-order valence-corrected chi connectivity index (χ3v) is 4.59. The van der Waals surface area contributed by atoms with Crippen molar-refractivity contribution in [2.75, 3.05) is 17.7 Å². The van der Waals surface area contributed by atoms with Gasteiger partial charge in [-0.25, -0.2) is 0 Å². The fourth-order valence-corrected chi connectivity index (χ4v) is 2.99. The molecule has 0 saturated carbocycles. The molecule has 0 saturated heterocycles. The van der Waals surface area contributed by atoms with E-state index in [9.17, 15) is 9.59 Å². The SMILES string of the molecule is COc1ccc2[nH]cc(C(C)(C)C(=O)Nc3ccc(NC(C)=O)cc3)c2c1. The highest BCUT2D eigenvalue weighted by Crippen LogP contribution is 2.33. The molecule has 2 amide bonds. The number of carbonyl (C=O) groups excluding carboxylic acids is 2. The number of methoxy groups -OCH3 is 1. The van der Waals surface area contributed by atoms with Gasteiger partial charge in [0, 0.05) is 35.4 Å². The molecule has 6 nitrogen and oxygen atoms in total. The Morgan fingerprint density at radius 1 is 1.00 bits per heavy atom. The topological polar surface area (TPSA) is 83.2 Å². The molecule has 0 aliphatic rings. The number of nitrogens with one attached hydrogen (secondary N) is 3. The summed E-state index contributed by atoms with van der Waals surface area (Å²) in [4.78, 5) is 27.3. The molecule has 0 bridgehead atoms. The number of aromatic amines is 1. The highest BCUT2D eigenvalue weighted by molar-refractivity contribution is 6.02. The normalized spacial score (nSPS) is 11.3. The number of H-pyrrole nitrogens is 1. The van der Waals surface area contributed by atoms with Crippen LogP contribution >= 0.6 is 0 Å². The van der Waals surface area contributed by atoms with E-state index in [4.69, 9.17) is 4.74 Å². The summed E-state index contributed by atoms with van der Waals surface area (Å²) < 4.78 is 5.31. The Labute approximate surface area is 157 Å². The molecule has 0 radical (unpaired) electrons. The van der Waals surface area contributed by atoms with Crippen LogP contribution in [0.2, 0.25) is 0 Å². The zero-order chi connectivity index (χ0) is 19.6. The van der Waals surface area contributed by atoms with Crippen molar-refractivity contribution in [2.45, 2.75) is 26.2 Å². The fourth-order valence-electron chi connectivity index (χ4n) is 2.99. The predicted molar refractivity (Wildman–Crippen MR) is 107 cm³/mol. The minimum absolute atomic E-state index is 0.126. The van der Waals surface area contributed by atoms with E-state index in [0.717, 1.165) is 22.2 Å². The van der Waals surface area contributed by atoms with Gasteiger partial charge in [0.1, 0.15) is 5.75 Å². The molecule has 3 aromatic rings. The molecule has 3 N–H and O–H groups in total. The second-order valence-corrected chi connectivity index (χ2v) is 6.95. The maximum absolute atomic E-state index is 13.0. The van der Waals surface area contributed by atoms with E-state index in [1.54, 1.807) is 31.4 Å². The van der Waals surface area contributed by atoms with Gasteiger partial charge in [-0.3, -0.25) is 9.59 Å². The Bertz CT molecular complexity index is 988. The van der Waals surface area contributed by atoms with Crippen molar-refractivity contribution in [1.82, 2.24) is 4.98 Å². The highest BCUT2D eigenvalue weighted by Gasteiger charge is 2.32. The number of benzene rings is 2. The van der Waals surface area contributed by atoms with Gasteiger partial charge in [0.25, 0.3) is 0 Å². The van der Waals surface area contributed by atoms with E-state index in [1.165, 1.54) is 6.92 Å². The summed E-state index contributed by atoms with van der Waals surface area (Å²) in [6, 6.07) is 12.8. The minimum atomic E-state index is -0.763. The van der Waals surface area contributed by atoms with Crippen LogP contribution in [0.5, 0.6) is 5.75 Å². The first-order valence-electron chi connectivity index (χ1n) is 8.66. The first-order chi connectivity index (χ1) is 12.8. The number of fused-ring (bicyclic) bond motifs is 1. The van der Waals surface area contributed by atoms with Crippen LogP contribution in [0.3, 0.4) is 0 Å². The molecule has 27 heavy (non-hydrogen) atoms. The summed E-state index contributed by atoms with van der Waals surface area (Å²) in [6.45, 7) is 5.22. The first kappa shape index (κ1) is 18.5. The van der Waals surface area contributed by atoms with Gasteiger partial charge in [-0.15, -0.1) is 0 Å². The molecule has 0 aliphatic carbocycles. The summed E-state index contributed by atoms with van der Waals surface area (Å²) in [5.74, 6) is 0.481. The molecule has 3 rings (SSSR count). The van der Waals surface area contributed by atoms with Crippen molar-refractivity contribution in [1.29, 1.82) is 0 Å². The molecule has 1 heterocycles. The van der Waals surface area contributed by atoms with Crippen LogP contribution in [0, 0.1) is 0 Å². The molecule has 140 valence electrons. The fraction of sp³-hybridized carbons (Fsp3) is 0.238. The van der Waals surface area contributed by atoms with Crippen LogP contribution in [0.25, 0.3) is 10.9 Å². The van der Waals surface area contributed by atoms with Crippen molar-refractivity contribution in [3.8, 4) is 5.75 Å². The second-order valence-electron chi connectivity index (χ2n) is 6.95. The zero-order valence-electron chi connectivity index (χ0n) is 15.8. The Morgan fingerprint density at radius 2 is 1.63 bits per heavy atom. The Balaban J connectivity index is 1.84. The van der Waals surface area contributed by atoms with Crippen LogP contribution in [0.4, 0.5) is 11.4 Å². The van der Waals surface area contributed by atoms with Gasteiger partial charge in [-0.05, 0) is 61.9 Å². The predicted octanol–water partition coefficient (Wildman–Crippen LogP) is 4.05. The van der Waals surface area contributed by atoms with Crippen molar-refractivity contribution in [3.63, 3.8) is 0 Å². The third-order valence-electron chi connectivity index (χ3n) is 4.59. The lowest BCUT2D eigenvalue weighted by Gasteiger charge is -2.23. The lowest BCUT2D eigenvalue weighted by Crippen LogP contribution is -2.34. The molecule has 0 fully saturated rings. The number of hydrogen-bond acceptors (Lipinski definition) is 3. The van der Waals surface area contributed by atoms with Crippen LogP contribution in [-0.2, 0) is 15.0 Å². The van der Waals surface area contributed by atoms with Crippen LogP contribution in [0.15, 0.2) is 48.7 Å². The minimum Gasteiger partial charge on any atom is -0.497 e. The lowest BCUT2D eigenvalue weighted by molar-refractivity contribution is -0.120. The smallest absolute Gasteiger partial charge is 0.234 e. The van der Waals surface area contributed by atoms with Gasteiger partial charge in [-0.1, -0.05) is 0 Å². The maximum Gasteiger partial charge on any atom is 0.234 e. The molecule has 0 unspecified atom stereocenters. The summed E-state index contributed by atoms with van der Waals surface area (Å²) in [6.07, 6.45) is 1.86. The number of ether oxygens (including phenoxy) is 1. The Morgan fingerprint density at radius 3 is 2.22 bits per heavy atom. The van der Waals surface area contributed by atoms with Crippen molar-refractivity contribution < 1.29 is 14.3 Å². The molecular weight excluding hydrogens is 342 g/mol. The molecule has 0 aliphatic heterocycles. The molecule has 0 atom stereocenters. The summed E-state index contributed by atoms with van der Waals surface area (Å²) in [7, 11) is 1.62. The molecule has 0 spiro atoms. The van der Waals surface area contributed by atoms with E-state index in [0.29, 0.717) is 11.4 Å². The largest absolute Gasteiger partial charge is 0.497 e. The van der Waals surface area contributed by atoms with Gasteiger partial charge in [0.2, 0.25) is 11.8 Å². The number of rotatable bonds is 5. The standard InChI is InChI=1S/C21H23N3O3/c1-13(25)23-14-5-7-15(8-6-14)24-20(26)21(2,3)18-12-22-19-10-9-16(27-4)11-17(18)19/h5-12,22H,1-4H3,(H,23,25)(H,24,26). The second kappa shape index (κ2) is 7.15. The summed E-state index contributed by atoms with van der Waals surface area (Å²) in [5, 5.41) is 6.60. The number of anilines is 2. The average Bonchev–Trinajstić information content (AvgIpc) is 3.06. The van der Waals surface area contributed by atoms with Gasteiger partial charge in [0.15, 0.2) is 0 Å². The van der Waals surface area contributed by atoms with Crippen LogP contribution in [0.1, 0.15) is 26.3 Å². The molecular formula is C21H23N3O3. The van der Waals surface area contributed by atoms with Crippen molar-refractivity contribution in [2.24, 2.45) is 0 Å². The first-order valence-corrected chi connectivity index (χ1v) is 8.66. The van der Waals surface area contributed by atoms with E-state index in [1.807, 2.05) is 38.2 Å². The van der Waals surface area contributed by atoms with Crippen LogP contribution in [-0.4, -0.2) is 23.9 Å². The average molecular weight is 365 g/mol. The van der Waals surface area contributed by atoms with Gasteiger partial charge in [0.05, 0.1) is 12.5 Å². The maximum atomic E-state index is 13.0. The van der Waals surface area contributed by atoms with Gasteiger partial charge in [-0.2, -0.15) is 0 Å². The quantitative estimate of drug-likeness (QED) is 0.638. The molecule has 2 aromatic carbocycles. The van der Waals surface area contributed by atoms with E-state index >= 15 is 0 Å². The Kier molecular flexibility index (Phi) is 4.90. The number of amides is 2.